The standard InChI is InChI=1S/C21H23FN2O3S2/c22-16-6-7-20-18(14-16)19(10-13-28-20)23-21(25)15-8-11-24(12-9-15)29(26,27)17-4-2-1-3-5-17/h1-7,14-15,19H,8-13H2,(H,23,25)/t19-/m1/s1. The highest BCUT2D eigenvalue weighted by atomic mass is 32.2. The zero-order chi connectivity index (χ0) is 20.4. The molecule has 2 aliphatic heterocycles. The number of carbonyl (C=O) groups is 1. The van der Waals surface area contributed by atoms with E-state index in [1.54, 1.807) is 48.2 Å². The molecule has 2 aromatic carbocycles. The van der Waals surface area contributed by atoms with Crippen molar-refractivity contribution in [2.24, 2.45) is 5.92 Å². The summed E-state index contributed by atoms with van der Waals surface area (Å²) >= 11 is 1.67. The Kier molecular flexibility index (Phi) is 5.94. The molecule has 0 spiro atoms. The van der Waals surface area contributed by atoms with Crippen LogP contribution in [0, 0.1) is 11.7 Å². The average molecular weight is 435 g/mol. The molecule has 0 aromatic heterocycles. The van der Waals surface area contributed by atoms with Crippen LogP contribution < -0.4 is 5.32 Å². The lowest BCUT2D eigenvalue weighted by Gasteiger charge is -2.32. The van der Waals surface area contributed by atoms with Crippen LogP contribution in [0.5, 0.6) is 0 Å². The van der Waals surface area contributed by atoms with E-state index in [9.17, 15) is 17.6 Å². The number of carbonyl (C=O) groups excluding carboxylic acids is 1. The molecule has 0 radical (unpaired) electrons. The average Bonchev–Trinajstić information content (AvgIpc) is 2.75. The van der Waals surface area contributed by atoms with E-state index in [0.717, 1.165) is 22.6 Å². The summed E-state index contributed by atoms with van der Waals surface area (Å²) in [6, 6.07) is 12.9. The van der Waals surface area contributed by atoms with Gasteiger partial charge in [0.25, 0.3) is 0 Å². The number of benzene rings is 2. The van der Waals surface area contributed by atoms with E-state index in [2.05, 4.69) is 5.32 Å². The molecule has 8 heteroatoms. The number of hydrogen-bond donors (Lipinski definition) is 1. The van der Waals surface area contributed by atoms with Crippen molar-refractivity contribution in [1.82, 2.24) is 9.62 Å². The molecule has 1 saturated heterocycles. The number of amides is 1. The first-order valence-electron chi connectivity index (χ1n) is 9.73. The van der Waals surface area contributed by atoms with E-state index < -0.39 is 10.0 Å². The first-order valence-corrected chi connectivity index (χ1v) is 12.2. The molecule has 2 aromatic rings. The molecule has 2 aliphatic rings. The molecule has 4 rings (SSSR count). The number of nitrogens with zero attached hydrogens (tertiary/aromatic N) is 1. The van der Waals surface area contributed by atoms with Gasteiger partial charge >= 0.3 is 0 Å². The van der Waals surface area contributed by atoms with Crippen molar-refractivity contribution >= 4 is 27.7 Å². The smallest absolute Gasteiger partial charge is 0.243 e. The second-order valence-electron chi connectivity index (χ2n) is 7.37. The van der Waals surface area contributed by atoms with E-state index in [4.69, 9.17) is 0 Å². The Morgan fingerprint density at radius 2 is 1.79 bits per heavy atom. The van der Waals surface area contributed by atoms with Crippen LogP contribution in [0.2, 0.25) is 0 Å². The molecule has 0 saturated carbocycles. The van der Waals surface area contributed by atoms with Gasteiger partial charge < -0.3 is 5.32 Å². The Hall–Kier alpha value is -1.90. The SMILES string of the molecule is O=C(N[C@@H]1CCSc2ccc(F)cc21)C1CCN(S(=O)(=O)c2ccccc2)CC1. The van der Waals surface area contributed by atoms with Gasteiger partial charge in [0.15, 0.2) is 0 Å². The van der Waals surface area contributed by atoms with Crippen molar-refractivity contribution in [3.8, 4) is 0 Å². The zero-order valence-electron chi connectivity index (χ0n) is 15.9. The Morgan fingerprint density at radius 3 is 2.52 bits per heavy atom. The molecule has 0 aliphatic carbocycles. The Balaban J connectivity index is 1.39. The minimum Gasteiger partial charge on any atom is -0.349 e. The number of piperidine rings is 1. The van der Waals surface area contributed by atoms with Crippen molar-refractivity contribution in [1.29, 1.82) is 0 Å². The number of halogens is 1. The predicted molar refractivity (Wildman–Crippen MR) is 111 cm³/mol. The van der Waals surface area contributed by atoms with Gasteiger partial charge in [-0.05, 0) is 55.2 Å². The lowest BCUT2D eigenvalue weighted by molar-refractivity contribution is -0.126. The van der Waals surface area contributed by atoms with Crippen LogP contribution in [0.1, 0.15) is 30.9 Å². The van der Waals surface area contributed by atoms with Crippen LogP contribution in [-0.4, -0.2) is 37.5 Å². The maximum absolute atomic E-state index is 13.7. The summed E-state index contributed by atoms with van der Waals surface area (Å²) in [5, 5.41) is 3.07. The van der Waals surface area contributed by atoms with E-state index >= 15 is 0 Å². The number of nitrogens with one attached hydrogen (secondary N) is 1. The first kappa shape index (κ1) is 20.4. The molecule has 0 unspecified atom stereocenters. The molecular weight excluding hydrogens is 411 g/mol. The van der Waals surface area contributed by atoms with Crippen molar-refractivity contribution in [2.45, 2.75) is 35.1 Å². The largest absolute Gasteiger partial charge is 0.349 e. The first-order chi connectivity index (χ1) is 13.9. The fourth-order valence-corrected chi connectivity index (χ4v) is 6.50. The summed E-state index contributed by atoms with van der Waals surface area (Å²) in [6.45, 7) is 0.641. The van der Waals surface area contributed by atoms with Gasteiger partial charge in [-0.25, -0.2) is 12.8 Å². The Labute approximate surface area is 174 Å². The summed E-state index contributed by atoms with van der Waals surface area (Å²) in [7, 11) is -3.53. The van der Waals surface area contributed by atoms with Crippen molar-refractivity contribution < 1.29 is 17.6 Å². The van der Waals surface area contributed by atoms with Crippen LogP contribution in [0.15, 0.2) is 58.3 Å². The highest BCUT2D eigenvalue weighted by Gasteiger charge is 2.33. The Bertz CT molecular complexity index is 990. The quantitative estimate of drug-likeness (QED) is 0.799. The lowest BCUT2D eigenvalue weighted by atomic mass is 9.95. The summed E-state index contributed by atoms with van der Waals surface area (Å²) in [4.78, 5) is 14.1. The van der Waals surface area contributed by atoms with Crippen molar-refractivity contribution in [3.05, 3.63) is 59.9 Å². The van der Waals surface area contributed by atoms with Gasteiger partial charge in [0.05, 0.1) is 10.9 Å². The van der Waals surface area contributed by atoms with Crippen molar-refractivity contribution in [3.63, 3.8) is 0 Å². The minimum atomic E-state index is -3.53. The molecule has 29 heavy (non-hydrogen) atoms. The molecule has 1 fully saturated rings. The molecule has 154 valence electrons. The van der Waals surface area contributed by atoms with Gasteiger partial charge in [-0.1, -0.05) is 18.2 Å². The summed E-state index contributed by atoms with van der Waals surface area (Å²) in [5.41, 5.74) is 0.832. The van der Waals surface area contributed by atoms with Crippen molar-refractivity contribution in [2.75, 3.05) is 18.8 Å². The minimum absolute atomic E-state index is 0.0751. The van der Waals surface area contributed by atoms with E-state index in [1.165, 1.54) is 16.4 Å². The highest BCUT2D eigenvalue weighted by molar-refractivity contribution is 7.99. The van der Waals surface area contributed by atoms with Gasteiger partial charge in [0, 0.05) is 29.7 Å². The second kappa shape index (κ2) is 8.45. The van der Waals surface area contributed by atoms with E-state index in [-0.39, 0.29) is 28.6 Å². The molecule has 2 heterocycles. The summed E-state index contributed by atoms with van der Waals surface area (Å²) < 4.78 is 40.6. The fourth-order valence-electron chi connectivity index (χ4n) is 3.90. The maximum Gasteiger partial charge on any atom is 0.243 e. The van der Waals surface area contributed by atoms with Crippen LogP contribution in [0.25, 0.3) is 0 Å². The number of thioether (sulfide) groups is 1. The normalized spacial score (nSPS) is 20.8. The number of rotatable bonds is 4. The number of fused-ring (bicyclic) bond motifs is 1. The highest BCUT2D eigenvalue weighted by Crippen LogP contribution is 2.37. The van der Waals surface area contributed by atoms with Gasteiger partial charge in [-0.2, -0.15) is 4.31 Å². The van der Waals surface area contributed by atoms with Gasteiger partial charge in [-0.3, -0.25) is 4.79 Å². The van der Waals surface area contributed by atoms with Crippen LogP contribution >= 0.6 is 11.8 Å². The topological polar surface area (TPSA) is 66.5 Å². The fraction of sp³-hybridized carbons (Fsp3) is 0.381. The van der Waals surface area contributed by atoms with Gasteiger partial charge in [0.1, 0.15) is 5.82 Å². The molecule has 1 atom stereocenters. The molecule has 0 bridgehead atoms. The third-order valence-corrected chi connectivity index (χ3v) is 8.57. The Morgan fingerprint density at radius 1 is 1.07 bits per heavy atom. The van der Waals surface area contributed by atoms with Crippen LogP contribution in [0.4, 0.5) is 4.39 Å². The third-order valence-electron chi connectivity index (χ3n) is 5.53. The molecule has 1 N–H and O–H groups in total. The monoisotopic (exact) mass is 434 g/mol. The van der Waals surface area contributed by atoms with Gasteiger partial charge in [-0.15, -0.1) is 11.8 Å². The number of hydrogen-bond acceptors (Lipinski definition) is 4. The maximum atomic E-state index is 13.7. The summed E-state index contributed by atoms with van der Waals surface area (Å²) in [6.07, 6.45) is 1.72. The molecule has 5 nitrogen and oxygen atoms in total. The molecular formula is C21H23FN2O3S2. The molecule has 1 amide bonds. The number of sulfonamides is 1. The zero-order valence-corrected chi connectivity index (χ0v) is 17.5. The third kappa shape index (κ3) is 4.34. The second-order valence-corrected chi connectivity index (χ2v) is 10.4. The van der Waals surface area contributed by atoms with Crippen LogP contribution in [0.3, 0.4) is 0 Å². The summed E-state index contributed by atoms with van der Waals surface area (Å²) in [5.74, 6) is 0.264. The van der Waals surface area contributed by atoms with Gasteiger partial charge in [0.2, 0.25) is 15.9 Å². The predicted octanol–water partition coefficient (Wildman–Crippen LogP) is 3.58. The van der Waals surface area contributed by atoms with E-state index in [0.29, 0.717) is 25.9 Å². The van der Waals surface area contributed by atoms with E-state index in [1.807, 2.05) is 0 Å². The lowest BCUT2D eigenvalue weighted by Crippen LogP contribution is -2.44. The van der Waals surface area contributed by atoms with Crippen LogP contribution in [-0.2, 0) is 14.8 Å².